The molecule has 3 N–H and O–H groups in total. The predicted molar refractivity (Wildman–Crippen MR) is 111 cm³/mol. The maximum absolute atomic E-state index is 14.1. The molecule has 32 heavy (non-hydrogen) atoms. The molecule has 3 aromatic rings. The first-order valence-electron chi connectivity index (χ1n) is 9.66. The van der Waals surface area contributed by atoms with E-state index in [1.54, 1.807) is 13.0 Å². The summed E-state index contributed by atoms with van der Waals surface area (Å²) in [6.45, 7) is 1.41. The van der Waals surface area contributed by atoms with E-state index in [-0.39, 0.29) is 36.5 Å². The van der Waals surface area contributed by atoms with Gasteiger partial charge in [0.2, 0.25) is 5.91 Å². The number of aryl methyl sites for hydroxylation is 1. The van der Waals surface area contributed by atoms with Gasteiger partial charge >= 0.3 is 0 Å². The Balaban J connectivity index is 1.46. The lowest BCUT2D eigenvalue weighted by Gasteiger charge is -2.10. The highest BCUT2D eigenvalue weighted by Crippen LogP contribution is 2.24. The standard InChI is InChI=1S/C22H20F2N4O4/c1-13-10-19(28-32-13)22(31)27-12-20(29)25-8-9-26-21(30)16-11-14(6-7-18(16)24)15-4-2-3-5-17(15)23/h2-7,10-11H,8-9,12H2,1H3,(H,25,29)(H,26,30)(H,27,31). The van der Waals surface area contributed by atoms with Crippen molar-refractivity contribution in [1.82, 2.24) is 21.1 Å². The number of benzene rings is 2. The molecule has 2 aromatic carbocycles. The Kier molecular flexibility index (Phi) is 7.27. The lowest BCUT2D eigenvalue weighted by molar-refractivity contribution is -0.120. The van der Waals surface area contributed by atoms with Crippen LogP contribution in [-0.4, -0.2) is 42.5 Å². The van der Waals surface area contributed by atoms with Gasteiger partial charge in [0.25, 0.3) is 11.8 Å². The van der Waals surface area contributed by atoms with Gasteiger partial charge in [-0.2, -0.15) is 0 Å². The highest BCUT2D eigenvalue weighted by molar-refractivity contribution is 5.96. The van der Waals surface area contributed by atoms with Crippen LogP contribution in [0.3, 0.4) is 0 Å². The van der Waals surface area contributed by atoms with Crippen molar-refractivity contribution < 1.29 is 27.7 Å². The molecule has 3 amide bonds. The number of hydrogen-bond donors (Lipinski definition) is 3. The van der Waals surface area contributed by atoms with E-state index in [0.29, 0.717) is 11.3 Å². The predicted octanol–water partition coefficient (Wildman–Crippen LogP) is 2.20. The Bertz CT molecular complexity index is 1150. The fourth-order valence-corrected chi connectivity index (χ4v) is 2.82. The topological polar surface area (TPSA) is 113 Å². The second-order valence-corrected chi connectivity index (χ2v) is 6.79. The van der Waals surface area contributed by atoms with Gasteiger partial charge < -0.3 is 20.5 Å². The molecule has 0 aliphatic heterocycles. The highest BCUT2D eigenvalue weighted by atomic mass is 19.1. The molecular formula is C22H20F2N4O4. The number of carbonyl (C=O) groups is 3. The summed E-state index contributed by atoms with van der Waals surface area (Å²) >= 11 is 0. The Morgan fingerprint density at radius 3 is 2.38 bits per heavy atom. The third-order valence-corrected chi connectivity index (χ3v) is 4.40. The summed E-state index contributed by atoms with van der Waals surface area (Å²) in [4.78, 5) is 35.9. The third kappa shape index (κ3) is 5.75. The van der Waals surface area contributed by atoms with Gasteiger partial charge in [-0.3, -0.25) is 14.4 Å². The maximum atomic E-state index is 14.1. The summed E-state index contributed by atoms with van der Waals surface area (Å²) in [5.41, 5.74) is 0.423. The van der Waals surface area contributed by atoms with Crippen LogP contribution >= 0.6 is 0 Å². The zero-order valence-electron chi connectivity index (χ0n) is 17.1. The fraction of sp³-hybridized carbons (Fsp3) is 0.182. The molecule has 0 unspecified atom stereocenters. The first-order valence-corrected chi connectivity index (χ1v) is 9.66. The lowest BCUT2D eigenvalue weighted by Crippen LogP contribution is -2.40. The van der Waals surface area contributed by atoms with Crippen LogP contribution in [0.25, 0.3) is 11.1 Å². The molecule has 1 heterocycles. The normalized spacial score (nSPS) is 10.5. The van der Waals surface area contributed by atoms with Gasteiger partial charge in [-0.1, -0.05) is 29.4 Å². The van der Waals surface area contributed by atoms with Crippen molar-refractivity contribution in [2.24, 2.45) is 0 Å². The number of halogens is 2. The largest absolute Gasteiger partial charge is 0.361 e. The molecule has 0 aliphatic rings. The minimum atomic E-state index is -0.752. The summed E-state index contributed by atoms with van der Waals surface area (Å²) in [5.74, 6) is -2.52. The third-order valence-electron chi connectivity index (χ3n) is 4.40. The van der Waals surface area contributed by atoms with E-state index in [9.17, 15) is 23.2 Å². The quantitative estimate of drug-likeness (QED) is 0.463. The molecule has 1 aromatic heterocycles. The van der Waals surface area contributed by atoms with Gasteiger partial charge in [-0.05, 0) is 30.7 Å². The van der Waals surface area contributed by atoms with Crippen molar-refractivity contribution in [3.63, 3.8) is 0 Å². The SMILES string of the molecule is Cc1cc(C(=O)NCC(=O)NCCNC(=O)c2cc(-c3ccccc3F)ccc2F)no1. The molecule has 0 spiro atoms. The average molecular weight is 442 g/mol. The number of hydrogen-bond acceptors (Lipinski definition) is 5. The van der Waals surface area contributed by atoms with Crippen LogP contribution in [0.4, 0.5) is 8.78 Å². The summed E-state index contributed by atoms with van der Waals surface area (Å²) < 4.78 is 32.9. The zero-order valence-corrected chi connectivity index (χ0v) is 17.1. The van der Waals surface area contributed by atoms with Crippen LogP contribution in [0.1, 0.15) is 26.6 Å². The van der Waals surface area contributed by atoms with Gasteiger partial charge in [0.1, 0.15) is 17.4 Å². The Hall–Kier alpha value is -4.08. The van der Waals surface area contributed by atoms with E-state index in [0.717, 1.165) is 6.07 Å². The van der Waals surface area contributed by atoms with Crippen LogP contribution < -0.4 is 16.0 Å². The van der Waals surface area contributed by atoms with Crippen molar-refractivity contribution in [3.8, 4) is 11.1 Å². The summed E-state index contributed by atoms with van der Waals surface area (Å²) in [7, 11) is 0. The van der Waals surface area contributed by atoms with Crippen molar-refractivity contribution in [2.45, 2.75) is 6.92 Å². The number of amides is 3. The number of carbonyl (C=O) groups excluding carboxylic acids is 3. The molecule has 0 saturated carbocycles. The van der Waals surface area contributed by atoms with Crippen LogP contribution in [0.5, 0.6) is 0 Å². The Morgan fingerprint density at radius 2 is 1.66 bits per heavy atom. The second-order valence-electron chi connectivity index (χ2n) is 6.79. The smallest absolute Gasteiger partial charge is 0.273 e. The molecule has 8 nitrogen and oxygen atoms in total. The van der Waals surface area contributed by atoms with E-state index in [4.69, 9.17) is 4.52 Å². The number of rotatable bonds is 8. The highest BCUT2D eigenvalue weighted by Gasteiger charge is 2.15. The lowest BCUT2D eigenvalue weighted by atomic mass is 10.0. The van der Waals surface area contributed by atoms with Crippen LogP contribution in [0, 0.1) is 18.6 Å². The molecule has 0 radical (unpaired) electrons. The van der Waals surface area contributed by atoms with Crippen LogP contribution in [0.15, 0.2) is 53.1 Å². The summed E-state index contributed by atoms with van der Waals surface area (Å²) in [6, 6.07) is 11.2. The van der Waals surface area contributed by atoms with E-state index in [2.05, 4.69) is 21.1 Å². The minimum absolute atomic E-state index is 0.0182. The van der Waals surface area contributed by atoms with Crippen LogP contribution in [0.2, 0.25) is 0 Å². The Morgan fingerprint density at radius 1 is 0.906 bits per heavy atom. The van der Waals surface area contributed by atoms with Gasteiger partial charge in [-0.15, -0.1) is 0 Å². The van der Waals surface area contributed by atoms with Gasteiger partial charge in [0.15, 0.2) is 5.69 Å². The number of nitrogens with zero attached hydrogens (tertiary/aromatic N) is 1. The molecule has 0 saturated heterocycles. The second kappa shape index (κ2) is 10.3. The van der Waals surface area contributed by atoms with Crippen LogP contribution in [-0.2, 0) is 4.79 Å². The van der Waals surface area contributed by atoms with E-state index >= 15 is 0 Å². The van der Waals surface area contributed by atoms with Gasteiger partial charge in [0.05, 0.1) is 12.1 Å². The zero-order chi connectivity index (χ0) is 23.1. The van der Waals surface area contributed by atoms with Gasteiger partial charge in [-0.25, -0.2) is 8.78 Å². The van der Waals surface area contributed by atoms with Crippen molar-refractivity contribution in [2.75, 3.05) is 19.6 Å². The Labute approximate surface area is 182 Å². The maximum Gasteiger partial charge on any atom is 0.273 e. The molecule has 0 atom stereocenters. The minimum Gasteiger partial charge on any atom is -0.361 e. The first kappa shape index (κ1) is 22.6. The molecule has 0 fully saturated rings. The molecular weight excluding hydrogens is 422 g/mol. The first-order chi connectivity index (χ1) is 15.3. The molecule has 10 heteroatoms. The summed E-state index contributed by atoms with van der Waals surface area (Å²) in [5, 5.41) is 10.9. The molecule has 0 aliphatic carbocycles. The average Bonchev–Trinajstić information content (AvgIpc) is 3.22. The van der Waals surface area contributed by atoms with E-state index < -0.39 is 29.4 Å². The fourth-order valence-electron chi connectivity index (χ4n) is 2.82. The van der Waals surface area contributed by atoms with Crippen molar-refractivity contribution in [1.29, 1.82) is 0 Å². The van der Waals surface area contributed by atoms with E-state index in [1.807, 2.05) is 0 Å². The van der Waals surface area contributed by atoms with Crippen molar-refractivity contribution in [3.05, 3.63) is 77.2 Å². The molecule has 166 valence electrons. The van der Waals surface area contributed by atoms with Crippen molar-refractivity contribution >= 4 is 17.7 Å². The van der Waals surface area contributed by atoms with E-state index in [1.165, 1.54) is 36.4 Å². The monoisotopic (exact) mass is 442 g/mol. The molecule has 0 bridgehead atoms. The number of nitrogens with one attached hydrogen (secondary N) is 3. The summed E-state index contributed by atoms with van der Waals surface area (Å²) in [6.07, 6.45) is 0. The number of aromatic nitrogens is 1. The molecule has 3 rings (SSSR count). The van der Waals surface area contributed by atoms with Gasteiger partial charge in [0, 0.05) is 24.7 Å².